The highest BCUT2D eigenvalue weighted by atomic mass is 19.4. The number of carbonyl (C=O) groups is 1. The van der Waals surface area contributed by atoms with Gasteiger partial charge in [-0.25, -0.2) is 0 Å². The van der Waals surface area contributed by atoms with Crippen LogP contribution in [0.4, 0.5) is 27.6 Å². The molecule has 2 N–H and O–H groups in total. The van der Waals surface area contributed by atoms with Crippen molar-refractivity contribution in [1.82, 2.24) is 4.90 Å². The molecule has 0 atom stereocenters. The van der Waals surface area contributed by atoms with Crippen LogP contribution in [0.2, 0.25) is 0 Å². The smallest absolute Gasteiger partial charge is 0.399 e. The first-order chi connectivity index (χ1) is 8.55. The predicted molar refractivity (Wildman–Crippen MR) is 58.3 cm³/mol. The van der Waals surface area contributed by atoms with Crippen molar-refractivity contribution in [3.8, 4) is 0 Å². The van der Waals surface area contributed by atoms with Gasteiger partial charge in [-0.05, 0) is 17.7 Å². The normalized spacial score (nSPS) is 12.3. The molecule has 0 saturated heterocycles. The number of rotatable bonds is 3. The molecule has 0 heterocycles. The molecule has 3 nitrogen and oxygen atoms in total. The van der Waals surface area contributed by atoms with Gasteiger partial charge < -0.3 is 10.6 Å². The summed E-state index contributed by atoms with van der Waals surface area (Å²) in [6.07, 6.45) is -5.91. The van der Waals surface area contributed by atoms with E-state index in [0.29, 0.717) is 16.2 Å². The molecule has 0 aliphatic heterocycles. The second kappa shape index (κ2) is 5.02. The number of hydrogen-bond donors (Lipinski definition) is 1. The van der Waals surface area contributed by atoms with E-state index in [4.69, 9.17) is 5.73 Å². The Bertz CT molecular complexity index is 472. The Morgan fingerprint density at radius 3 is 2.32 bits per heavy atom. The fourth-order valence-corrected chi connectivity index (χ4v) is 1.40. The van der Waals surface area contributed by atoms with Crippen molar-refractivity contribution in [2.75, 3.05) is 12.8 Å². The lowest BCUT2D eigenvalue weighted by atomic mass is 10.2. The van der Waals surface area contributed by atoms with E-state index in [2.05, 4.69) is 0 Å². The van der Waals surface area contributed by atoms with E-state index >= 15 is 0 Å². The van der Waals surface area contributed by atoms with Gasteiger partial charge in [0.1, 0.15) is 0 Å². The molecule has 0 aliphatic carbocycles. The lowest BCUT2D eigenvalue weighted by Crippen LogP contribution is -2.50. The molecule has 1 rings (SSSR count). The second-order valence-corrected chi connectivity index (χ2v) is 3.98. The highest BCUT2D eigenvalue weighted by Gasteiger charge is 2.64. The van der Waals surface area contributed by atoms with Gasteiger partial charge in [0, 0.05) is 19.3 Å². The van der Waals surface area contributed by atoms with Gasteiger partial charge in [0.05, 0.1) is 0 Å². The number of anilines is 1. The van der Waals surface area contributed by atoms with Crippen molar-refractivity contribution in [2.24, 2.45) is 0 Å². The summed E-state index contributed by atoms with van der Waals surface area (Å²) in [7, 11) is 0.866. The van der Waals surface area contributed by atoms with Crippen molar-refractivity contribution in [3.05, 3.63) is 29.8 Å². The number of halogens is 5. The number of nitrogens with zero attached hydrogens (tertiary/aromatic N) is 1. The number of nitrogen functional groups attached to an aromatic ring is 1. The van der Waals surface area contributed by atoms with Crippen LogP contribution in [-0.2, 0) is 11.3 Å². The van der Waals surface area contributed by atoms with E-state index < -0.39 is 24.6 Å². The predicted octanol–water partition coefficient (Wildman–Crippen LogP) is 2.42. The quantitative estimate of drug-likeness (QED) is 0.683. The molecule has 0 saturated carbocycles. The van der Waals surface area contributed by atoms with Gasteiger partial charge in [-0.15, -0.1) is 0 Å². The summed E-state index contributed by atoms with van der Waals surface area (Å²) in [6, 6.07) is 5.88. The average molecular weight is 282 g/mol. The molecule has 1 aromatic rings. The van der Waals surface area contributed by atoms with Gasteiger partial charge in [-0.3, -0.25) is 4.79 Å². The number of carbonyl (C=O) groups excluding carboxylic acids is 1. The Balaban J connectivity index is 2.84. The molecule has 0 radical (unpaired) electrons. The lowest BCUT2D eigenvalue weighted by Gasteiger charge is -2.24. The third-order valence-corrected chi connectivity index (χ3v) is 2.34. The highest BCUT2D eigenvalue weighted by molar-refractivity contribution is 5.84. The van der Waals surface area contributed by atoms with E-state index in [0.717, 1.165) is 7.05 Å². The lowest BCUT2D eigenvalue weighted by molar-refractivity contribution is -0.274. The minimum atomic E-state index is -5.91. The first kappa shape index (κ1) is 15.2. The molecule has 1 aromatic carbocycles. The zero-order valence-corrected chi connectivity index (χ0v) is 9.84. The number of benzene rings is 1. The Kier molecular flexibility index (Phi) is 4.02. The SMILES string of the molecule is CN(Cc1cccc(N)c1)C(=O)C(F)(F)C(F)(F)F. The first-order valence-corrected chi connectivity index (χ1v) is 5.10. The average Bonchev–Trinajstić information content (AvgIpc) is 2.26. The summed E-state index contributed by atoms with van der Waals surface area (Å²) in [5, 5.41) is 0. The summed E-state index contributed by atoms with van der Waals surface area (Å²) in [6.45, 7) is -0.393. The van der Waals surface area contributed by atoms with E-state index in [1.54, 1.807) is 0 Å². The maximum Gasteiger partial charge on any atom is 0.463 e. The molecule has 8 heteroatoms. The standard InChI is InChI=1S/C11H11F5N2O/c1-18(6-7-3-2-4-8(17)5-7)9(19)10(12,13)11(14,15)16/h2-5H,6,17H2,1H3. The van der Waals surface area contributed by atoms with Crippen molar-refractivity contribution in [3.63, 3.8) is 0 Å². The monoisotopic (exact) mass is 282 g/mol. The summed E-state index contributed by atoms with van der Waals surface area (Å²) >= 11 is 0. The molecular weight excluding hydrogens is 271 g/mol. The minimum Gasteiger partial charge on any atom is -0.399 e. The summed E-state index contributed by atoms with van der Waals surface area (Å²) < 4.78 is 61.7. The van der Waals surface area contributed by atoms with Gasteiger partial charge in [0.25, 0.3) is 0 Å². The number of amides is 1. The van der Waals surface area contributed by atoms with Gasteiger partial charge in [-0.1, -0.05) is 12.1 Å². The molecule has 0 fully saturated rings. The van der Waals surface area contributed by atoms with Crippen molar-refractivity contribution in [1.29, 1.82) is 0 Å². The van der Waals surface area contributed by atoms with Crippen LogP contribution >= 0.6 is 0 Å². The molecule has 0 unspecified atom stereocenters. The summed E-state index contributed by atoms with van der Waals surface area (Å²) in [5.74, 6) is -7.70. The van der Waals surface area contributed by atoms with Crippen molar-refractivity contribution in [2.45, 2.75) is 18.6 Å². The fraction of sp³-hybridized carbons (Fsp3) is 0.364. The number of nitrogens with two attached hydrogens (primary N) is 1. The second-order valence-electron chi connectivity index (χ2n) is 3.98. The first-order valence-electron chi connectivity index (χ1n) is 5.10. The van der Waals surface area contributed by atoms with Crippen LogP contribution in [0.25, 0.3) is 0 Å². The maximum atomic E-state index is 12.8. The molecule has 1 amide bonds. The van der Waals surface area contributed by atoms with Crippen LogP contribution in [0.5, 0.6) is 0 Å². The topological polar surface area (TPSA) is 46.3 Å². The number of hydrogen-bond acceptors (Lipinski definition) is 2. The number of alkyl halides is 5. The van der Waals surface area contributed by atoms with Crippen LogP contribution in [0.3, 0.4) is 0 Å². The highest BCUT2D eigenvalue weighted by Crippen LogP contribution is 2.36. The Morgan fingerprint density at radius 1 is 1.26 bits per heavy atom. The molecule has 19 heavy (non-hydrogen) atoms. The van der Waals surface area contributed by atoms with Crippen LogP contribution in [0.1, 0.15) is 5.56 Å². The van der Waals surface area contributed by atoms with Gasteiger partial charge in [0.2, 0.25) is 0 Å². The van der Waals surface area contributed by atoms with Gasteiger partial charge >= 0.3 is 18.0 Å². The van der Waals surface area contributed by atoms with Crippen LogP contribution in [0, 0.1) is 0 Å². The minimum absolute atomic E-state index is 0.308. The summed E-state index contributed by atoms with van der Waals surface area (Å²) in [4.78, 5) is 11.4. The fourth-order valence-electron chi connectivity index (χ4n) is 1.40. The molecule has 0 aliphatic rings. The molecule has 106 valence electrons. The third kappa shape index (κ3) is 3.33. The van der Waals surface area contributed by atoms with E-state index in [1.807, 2.05) is 0 Å². The van der Waals surface area contributed by atoms with E-state index in [1.165, 1.54) is 24.3 Å². The van der Waals surface area contributed by atoms with Gasteiger partial charge in [-0.2, -0.15) is 22.0 Å². The van der Waals surface area contributed by atoms with Crippen molar-refractivity contribution < 1.29 is 26.7 Å². The van der Waals surface area contributed by atoms with Crippen LogP contribution in [0.15, 0.2) is 24.3 Å². The van der Waals surface area contributed by atoms with Crippen molar-refractivity contribution >= 4 is 11.6 Å². The van der Waals surface area contributed by atoms with Crippen LogP contribution in [-0.4, -0.2) is 30.0 Å². The molecular formula is C11H11F5N2O. The largest absolute Gasteiger partial charge is 0.463 e. The Morgan fingerprint density at radius 2 is 1.84 bits per heavy atom. The zero-order chi connectivity index (χ0) is 14.8. The molecule has 0 bridgehead atoms. The van der Waals surface area contributed by atoms with Gasteiger partial charge in [0.15, 0.2) is 0 Å². The Labute approximate surface area is 105 Å². The molecule has 0 aromatic heterocycles. The summed E-state index contributed by atoms with van der Waals surface area (Å²) in [5.41, 5.74) is 6.11. The van der Waals surface area contributed by atoms with E-state index in [-0.39, 0.29) is 0 Å². The Hall–Kier alpha value is -1.86. The zero-order valence-electron chi connectivity index (χ0n) is 9.84. The van der Waals surface area contributed by atoms with Crippen LogP contribution < -0.4 is 5.73 Å². The van der Waals surface area contributed by atoms with E-state index in [9.17, 15) is 26.7 Å². The maximum absolute atomic E-state index is 12.8. The molecule has 0 spiro atoms. The third-order valence-electron chi connectivity index (χ3n) is 2.34.